The van der Waals surface area contributed by atoms with E-state index in [1.165, 1.54) is 24.0 Å². The van der Waals surface area contributed by atoms with Crippen molar-refractivity contribution in [2.24, 2.45) is 0 Å². The highest BCUT2D eigenvalue weighted by Gasteiger charge is 2.12. The van der Waals surface area contributed by atoms with Gasteiger partial charge in [0.05, 0.1) is 7.11 Å². The summed E-state index contributed by atoms with van der Waals surface area (Å²) in [7, 11) is 1.59. The van der Waals surface area contributed by atoms with E-state index < -0.39 is 5.97 Å². The minimum absolute atomic E-state index is 0.135. The van der Waals surface area contributed by atoms with Crippen LogP contribution in [0.5, 0.6) is 17.2 Å². The van der Waals surface area contributed by atoms with Gasteiger partial charge in [0.25, 0.3) is 0 Å². The lowest BCUT2D eigenvalue weighted by molar-refractivity contribution is -0.136. The third-order valence-corrected chi connectivity index (χ3v) is 3.95. The van der Waals surface area contributed by atoms with Crippen LogP contribution in [0, 0.1) is 0 Å². The molecule has 0 saturated heterocycles. The highest BCUT2D eigenvalue weighted by atomic mass is 16.6. The van der Waals surface area contributed by atoms with E-state index in [1.807, 2.05) is 24.3 Å². The largest absolute Gasteiger partial charge is 0.497 e. The van der Waals surface area contributed by atoms with Gasteiger partial charge >= 0.3 is 5.97 Å². The Kier molecular flexibility index (Phi) is 4.81. The molecule has 3 rings (SSSR count). The van der Waals surface area contributed by atoms with Crippen LogP contribution in [0.25, 0.3) is 0 Å². The van der Waals surface area contributed by atoms with Gasteiger partial charge in [-0.25, -0.2) is 4.79 Å². The third-order valence-electron chi connectivity index (χ3n) is 3.95. The molecule has 0 aromatic heterocycles. The van der Waals surface area contributed by atoms with Gasteiger partial charge in [0.15, 0.2) is 6.61 Å². The van der Waals surface area contributed by atoms with Crippen molar-refractivity contribution in [3.05, 3.63) is 53.6 Å². The Balaban J connectivity index is 1.56. The smallest absolute Gasteiger partial charge is 0.349 e. The number of ether oxygens (including phenoxy) is 3. The number of hydrogen-bond acceptors (Lipinski definition) is 4. The number of esters is 1. The number of methoxy groups -OCH3 is 1. The number of fused-ring (bicyclic) bond motifs is 1. The molecule has 4 nitrogen and oxygen atoms in total. The monoisotopic (exact) mass is 312 g/mol. The molecule has 1 aliphatic rings. The van der Waals surface area contributed by atoms with Gasteiger partial charge in [-0.05, 0) is 61.1 Å². The fraction of sp³-hybridized carbons (Fsp3) is 0.316. The summed E-state index contributed by atoms with van der Waals surface area (Å²) < 4.78 is 15.9. The van der Waals surface area contributed by atoms with Crippen molar-refractivity contribution in [2.75, 3.05) is 13.7 Å². The van der Waals surface area contributed by atoms with Crippen molar-refractivity contribution in [3.63, 3.8) is 0 Å². The summed E-state index contributed by atoms with van der Waals surface area (Å²) in [5.41, 5.74) is 2.65. The Morgan fingerprint density at radius 3 is 2.57 bits per heavy atom. The van der Waals surface area contributed by atoms with E-state index in [2.05, 4.69) is 6.07 Å². The molecule has 0 amide bonds. The normalized spacial score (nSPS) is 13.1. The van der Waals surface area contributed by atoms with Crippen LogP contribution in [-0.2, 0) is 17.6 Å². The zero-order valence-corrected chi connectivity index (χ0v) is 13.2. The zero-order valence-electron chi connectivity index (χ0n) is 13.2. The number of benzene rings is 2. The molecule has 0 aliphatic heterocycles. The topological polar surface area (TPSA) is 44.8 Å². The highest BCUT2D eigenvalue weighted by Crippen LogP contribution is 2.25. The first-order chi connectivity index (χ1) is 11.2. The molecule has 0 spiro atoms. The Hall–Kier alpha value is -2.49. The Labute approximate surface area is 136 Å². The maximum Gasteiger partial charge on any atom is 0.349 e. The predicted octanol–water partition coefficient (Wildman–Crippen LogP) is 3.56. The van der Waals surface area contributed by atoms with Crippen LogP contribution in [0.1, 0.15) is 24.0 Å². The first kappa shape index (κ1) is 15.4. The van der Waals surface area contributed by atoms with Crippen LogP contribution in [-0.4, -0.2) is 19.7 Å². The molecule has 0 bridgehead atoms. The second-order valence-electron chi connectivity index (χ2n) is 5.58. The third kappa shape index (κ3) is 4.03. The Bertz CT molecular complexity index is 694. The van der Waals surface area contributed by atoms with E-state index in [0.29, 0.717) is 17.2 Å². The van der Waals surface area contributed by atoms with Crippen molar-refractivity contribution >= 4 is 5.97 Å². The summed E-state index contributed by atoms with van der Waals surface area (Å²) in [5, 5.41) is 0. The molecule has 0 saturated carbocycles. The minimum atomic E-state index is -0.413. The molecule has 2 aromatic carbocycles. The van der Waals surface area contributed by atoms with Crippen molar-refractivity contribution in [2.45, 2.75) is 25.7 Å². The van der Waals surface area contributed by atoms with Crippen LogP contribution < -0.4 is 14.2 Å². The van der Waals surface area contributed by atoms with Crippen molar-refractivity contribution in [1.29, 1.82) is 0 Å². The van der Waals surface area contributed by atoms with Crippen LogP contribution in [0.2, 0.25) is 0 Å². The predicted molar refractivity (Wildman–Crippen MR) is 87.2 cm³/mol. The average molecular weight is 312 g/mol. The number of carbonyl (C=O) groups excluding carboxylic acids is 1. The van der Waals surface area contributed by atoms with E-state index in [9.17, 15) is 4.79 Å². The summed E-state index contributed by atoms with van der Waals surface area (Å²) >= 11 is 0. The van der Waals surface area contributed by atoms with Crippen molar-refractivity contribution < 1.29 is 19.0 Å². The molecule has 23 heavy (non-hydrogen) atoms. The summed E-state index contributed by atoms with van der Waals surface area (Å²) in [5.74, 6) is 1.44. The van der Waals surface area contributed by atoms with E-state index in [4.69, 9.17) is 14.2 Å². The van der Waals surface area contributed by atoms with Crippen LogP contribution in [0.15, 0.2) is 42.5 Å². The van der Waals surface area contributed by atoms with Gasteiger partial charge < -0.3 is 14.2 Å². The van der Waals surface area contributed by atoms with Gasteiger partial charge in [0.2, 0.25) is 0 Å². The maximum absolute atomic E-state index is 11.9. The van der Waals surface area contributed by atoms with E-state index >= 15 is 0 Å². The van der Waals surface area contributed by atoms with E-state index in [-0.39, 0.29) is 6.61 Å². The second-order valence-corrected chi connectivity index (χ2v) is 5.58. The summed E-state index contributed by atoms with van der Waals surface area (Å²) in [6.45, 7) is -0.135. The number of aryl methyl sites for hydroxylation is 2. The second kappa shape index (κ2) is 7.18. The molecule has 0 unspecified atom stereocenters. The van der Waals surface area contributed by atoms with Gasteiger partial charge in [-0.1, -0.05) is 12.1 Å². The Morgan fingerprint density at radius 1 is 0.957 bits per heavy atom. The van der Waals surface area contributed by atoms with Gasteiger partial charge in [-0.2, -0.15) is 0 Å². The van der Waals surface area contributed by atoms with Gasteiger partial charge in [0, 0.05) is 6.07 Å². The van der Waals surface area contributed by atoms with Crippen LogP contribution in [0.4, 0.5) is 0 Å². The van der Waals surface area contributed by atoms with Crippen LogP contribution in [0.3, 0.4) is 0 Å². The van der Waals surface area contributed by atoms with Gasteiger partial charge in [-0.15, -0.1) is 0 Å². The first-order valence-corrected chi connectivity index (χ1v) is 7.84. The molecule has 0 heterocycles. The number of rotatable bonds is 5. The lowest BCUT2D eigenvalue weighted by atomic mass is 9.92. The molecule has 0 N–H and O–H groups in total. The summed E-state index contributed by atoms with van der Waals surface area (Å²) in [4.78, 5) is 11.9. The molecule has 4 heteroatoms. The summed E-state index contributed by atoms with van der Waals surface area (Å²) in [6.07, 6.45) is 4.60. The maximum atomic E-state index is 11.9. The lowest BCUT2D eigenvalue weighted by Crippen LogP contribution is -2.18. The standard InChI is InChI=1S/C19H20O4/c1-21-16-7-4-8-17(12-16)22-13-19(20)23-18-10-9-14-5-2-3-6-15(14)11-18/h4,7-12H,2-3,5-6,13H2,1H3. The van der Waals surface area contributed by atoms with E-state index in [0.717, 1.165) is 12.8 Å². The van der Waals surface area contributed by atoms with Crippen molar-refractivity contribution in [1.82, 2.24) is 0 Å². The van der Waals surface area contributed by atoms with Crippen LogP contribution >= 0.6 is 0 Å². The Morgan fingerprint density at radius 2 is 1.74 bits per heavy atom. The highest BCUT2D eigenvalue weighted by molar-refractivity contribution is 5.74. The molecule has 0 atom stereocenters. The van der Waals surface area contributed by atoms with Gasteiger partial charge in [0.1, 0.15) is 17.2 Å². The molecule has 1 aliphatic carbocycles. The first-order valence-electron chi connectivity index (χ1n) is 7.84. The lowest BCUT2D eigenvalue weighted by Gasteiger charge is -2.16. The molecular weight excluding hydrogens is 292 g/mol. The van der Waals surface area contributed by atoms with E-state index in [1.54, 1.807) is 19.2 Å². The van der Waals surface area contributed by atoms with Crippen molar-refractivity contribution in [3.8, 4) is 17.2 Å². The summed E-state index contributed by atoms with van der Waals surface area (Å²) in [6, 6.07) is 13.0. The van der Waals surface area contributed by atoms with Gasteiger partial charge in [-0.3, -0.25) is 0 Å². The zero-order chi connectivity index (χ0) is 16.1. The average Bonchev–Trinajstić information content (AvgIpc) is 2.60. The quantitative estimate of drug-likeness (QED) is 0.625. The number of hydrogen-bond donors (Lipinski definition) is 0. The molecule has 2 aromatic rings. The number of carbonyl (C=O) groups is 1. The fourth-order valence-corrected chi connectivity index (χ4v) is 2.77. The molecule has 120 valence electrons. The molecular formula is C19H20O4. The molecule has 0 radical (unpaired) electrons. The minimum Gasteiger partial charge on any atom is -0.497 e. The fourth-order valence-electron chi connectivity index (χ4n) is 2.77. The SMILES string of the molecule is COc1cccc(OCC(=O)Oc2ccc3c(c2)CCCC3)c1. The molecule has 0 fully saturated rings.